The molecule has 1 heterocycles. The molecule has 1 atom stereocenters. The van der Waals surface area contributed by atoms with E-state index < -0.39 is 11.5 Å². The van der Waals surface area contributed by atoms with Gasteiger partial charge in [-0.3, -0.25) is 9.59 Å². The molecular weight excluding hydrogens is 280 g/mol. The summed E-state index contributed by atoms with van der Waals surface area (Å²) in [5.74, 6) is -0.395. The van der Waals surface area contributed by atoms with Crippen LogP contribution < -0.4 is 10.9 Å². The Balaban J connectivity index is 2.13. The molecular formula is C17H20N2O3. The largest absolute Gasteiger partial charge is 0.380 e. The van der Waals surface area contributed by atoms with Crippen LogP contribution in [0.2, 0.25) is 0 Å². The van der Waals surface area contributed by atoms with Crippen LogP contribution >= 0.6 is 0 Å². The lowest BCUT2D eigenvalue weighted by molar-refractivity contribution is 0.0870. The summed E-state index contributed by atoms with van der Waals surface area (Å²) >= 11 is 0. The molecule has 0 aliphatic heterocycles. The van der Waals surface area contributed by atoms with Gasteiger partial charge in [0.25, 0.3) is 11.5 Å². The van der Waals surface area contributed by atoms with Gasteiger partial charge >= 0.3 is 0 Å². The molecule has 0 aliphatic rings. The fourth-order valence-corrected chi connectivity index (χ4v) is 2.08. The second-order valence-corrected chi connectivity index (χ2v) is 5.01. The predicted octanol–water partition coefficient (Wildman–Crippen LogP) is 2.20. The summed E-state index contributed by atoms with van der Waals surface area (Å²) in [5, 5.41) is 2.75. The van der Waals surface area contributed by atoms with Crippen molar-refractivity contribution in [3.8, 4) is 11.3 Å². The summed E-state index contributed by atoms with van der Waals surface area (Å²) in [6.45, 7) is 4.73. The monoisotopic (exact) mass is 300 g/mol. The molecule has 0 fully saturated rings. The topological polar surface area (TPSA) is 71.2 Å². The third-order valence-electron chi connectivity index (χ3n) is 3.19. The minimum Gasteiger partial charge on any atom is -0.380 e. The fourth-order valence-electron chi connectivity index (χ4n) is 2.08. The average Bonchev–Trinajstić information content (AvgIpc) is 2.53. The Morgan fingerprint density at radius 3 is 2.59 bits per heavy atom. The Bertz CT molecular complexity index is 680. The number of aromatic amines is 1. The average molecular weight is 300 g/mol. The van der Waals surface area contributed by atoms with Crippen molar-refractivity contribution in [1.82, 2.24) is 10.3 Å². The number of amides is 1. The highest BCUT2D eigenvalue weighted by molar-refractivity contribution is 5.94. The highest BCUT2D eigenvalue weighted by Gasteiger charge is 2.14. The van der Waals surface area contributed by atoms with Gasteiger partial charge < -0.3 is 15.0 Å². The maximum absolute atomic E-state index is 12.1. The van der Waals surface area contributed by atoms with Crippen molar-refractivity contribution in [3.05, 3.63) is 58.4 Å². The van der Waals surface area contributed by atoms with Gasteiger partial charge in [0.05, 0.1) is 6.61 Å². The van der Waals surface area contributed by atoms with Crippen LogP contribution in [-0.4, -0.2) is 30.1 Å². The lowest BCUT2D eigenvalue weighted by Gasteiger charge is -2.13. The number of hydrogen-bond donors (Lipinski definition) is 2. The molecule has 0 saturated carbocycles. The molecule has 1 aromatic carbocycles. The molecule has 2 aromatic rings. The highest BCUT2D eigenvalue weighted by Crippen LogP contribution is 2.14. The van der Waals surface area contributed by atoms with Crippen molar-refractivity contribution in [2.75, 3.05) is 13.2 Å². The van der Waals surface area contributed by atoms with E-state index in [0.717, 1.165) is 5.56 Å². The molecule has 0 unspecified atom stereocenters. The second kappa shape index (κ2) is 7.56. The van der Waals surface area contributed by atoms with Gasteiger partial charge in [-0.05, 0) is 31.5 Å². The third kappa shape index (κ3) is 4.05. The van der Waals surface area contributed by atoms with E-state index in [1.807, 2.05) is 44.2 Å². The van der Waals surface area contributed by atoms with Crippen LogP contribution in [0.1, 0.15) is 24.2 Å². The summed E-state index contributed by atoms with van der Waals surface area (Å²) < 4.78 is 5.24. The zero-order chi connectivity index (χ0) is 15.9. The Kier molecular flexibility index (Phi) is 5.49. The van der Waals surface area contributed by atoms with E-state index in [1.54, 1.807) is 12.1 Å². The van der Waals surface area contributed by atoms with E-state index in [2.05, 4.69) is 10.3 Å². The van der Waals surface area contributed by atoms with E-state index in [0.29, 0.717) is 18.9 Å². The first-order valence-corrected chi connectivity index (χ1v) is 7.29. The smallest absolute Gasteiger partial charge is 0.261 e. The summed E-state index contributed by atoms with van der Waals surface area (Å²) in [5.41, 5.74) is 1.28. The van der Waals surface area contributed by atoms with Crippen LogP contribution in [0.15, 0.2) is 47.3 Å². The van der Waals surface area contributed by atoms with E-state index in [1.165, 1.54) is 0 Å². The van der Waals surface area contributed by atoms with Crippen molar-refractivity contribution >= 4 is 5.91 Å². The first-order chi connectivity index (χ1) is 10.6. The number of carbonyl (C=O) groups excluding carboxylic acids is 1. The minimum absolute atomic E-state index is 0.100. The summed E-state index contributed by atoms with van der Waals surface area (Å²) in [6.07, 6.45) is 0. The van der Waals surface area contributed by atoms with Gasteiger partial charge in [-0.15, -0.1) is 0 Å². The number of benzene rings is 1. The van der Waals surface area contributed by atoms with Crippen LogP contribution in [0.25, 0.3) is 11.3 Å². The Labute approximate surface area is 129 Å². The van der Waals surface area contributed by atoms with Crippen molar-refractivity contribution in [1.29, 1.82) is 0 Å². The molecule has 1 amide bonds. The van der Waals surface area contributed by atoms with Gasteiger partial charge in [-0.1, -0.05) is 30.3 Å². The quantitative estimate of drug-likeness (QED) is 0.859. The lowest BCUT2D eigenvalue weighted by atomic mass is 10.1. The second-order valence-electron chi connectivity index (χ2n) is 5.01. The maximum atomic E-state index is 12.1. The molecule has 116 valence electrons. The van der Waals surface area contributed by atoms with Crippen LogP contribution in [0.4, 0.5) is 0 Å². The molecule has 0 aliphatic carbocycles. The predicted molar refractivity (Wildman–Crippen MR) is 85.9 cm³/mol. The van der Waals surface area contributed by atoms with Gasteiger partial charge in [-0.2, -0.15) is 0 Å². The van der Waals surface area contributed by atoms with E-state index in [-0.39, 0.29) is 11.6 Å². The van der Waals surface area contributed by atoms with Gasteiger partial charge in [0.2, 0.25) is 0 Å². The van der Waals surface area contributed by atoms with Gasteiger partial charge in [0.1, 0.15) is 5.56 Å². The van der Waals surface area contributed by atoms with Crippen molar-refractivity contribution in [2.24, 2.45) is 0 Å². The molecule has 2 N–H and O–H groups in total. The number of hydrogen-bond acceptors (Lipinski definition) is 3. The fraction of sp³-hybridized carbons (Fsp3) is 0.294. The first kappa shape index (κ1) is 16.0. The normalized spacial score (nSPS) is 11.9. The lowest BCUT2D eigenvalue weighted by Crippen LogP contribution is -2.38. The zero-order valence-electron chi connectivity index (χ0n) is 12.8. The standard InChI is InChI=1S/C17H20N2O3/c1-3-22-11-12(2)18-16(20)14-9-10-15(19-17(14)21)13-7-5-4-6-8-13/h4-10,12H,3,11H2,1-2H3,(H,18,20)(H,19,21)/t12-/m1/s1. The molecule has 0 spiro atoms. The number of pyridine rings is 1. The van der Waals surface area contributed by atoms with Crippen LogP contribution in [0.3, 0.4) is 0 Å². The maximum Gasteiger partial charge on any atom is 0.261 e. The molecule has 5 nitrogen and oxygen atoms in total. The number of H-pyrrole nitrogens is 1. The molecule has 0 bridgehead atoms. The molecule has 5 heteroatoms. The highest BCUT2D eigenvalue weighted by atomic mass is 16.5. The van der Waals surface area contributed by atoms with Gasteiger partial charge in [-0.25, -0.2) is 0 Å². The number of carbonyl (C=O) groups is 1. The molecule has 1 aromatic heterocycles. The summed E-state index contributed by atoms with van der Waals surface area (Å²) in [6, 6.07) is 12.6. The molecule has 22 heavy (non-hydrogen) atoms. The van der Waals surface area contributed by atoms with E-state index in [9.17, 15) is 9.59 Å². The third-order valence-corrected chi connectivity index (χ3v) is 3.19. The number of nitrogens with one attached hydrogen (secondary N) is 2. The number of aromatic nitrogens is 1. The van der Waals surface area contributed by atoms with Crippen molar-refractivity contribution in [3.63, 3.8) is 0 Å². The van der Waals surface area contributed by atoms with Crippen LogP contribution in [0.5, 0.6) is 0 Å². The number of rotatable bonds is 6. The minimum atomic E-state index is -0.400. The molecule has 0 radical (unpaired) electrons. The van der Waals surface area contributed by atoms with Gasteiger partial charge in [0, 0.05) is 18.3 Å². The number of ether oxygens (including phenoxy) is 1. The zero-order valence-corrected chi connectivity index (χ0v) is 12.8. The van der Waals surface area contributed by atoms with E-state index >= 15 is 0 Å². The van der Waals surface area contributed by atoms with Gasteiger partial charge in [0.15, 0.2) is 0 Å². The molecule has 2 rings (SSSR count). The summed E-state index contributed by atoms with van der Waals surface area (Å²) in [7, 11) is 0. The van der Waals surface area contributed by atoms with Crippen molar-refractivity contribution < 1.29 is 9.53 Å². The molecule has 0 saturated heterocycles. The SMILES string of the molecule is CCOC[C@@H](C)NC(=O)c1ccc(-c2ccccc2)[nH]c1=O. The summed E-state index contributed by atoms with van der Waals surface area (Å²) in [4.78, 5) is 26.9. The van der Waals surface area contributed by atoms with Crippen LogP contribution in [-0.2, 0) is 4.74 Å². The Hall–Kier alpha value is -2.40. The van der Waals surface area contributed by atoms with Crippen LogP contribution in [0, 0.1) is 0 Å². The first-order valence-electron chi connectivity index (χ1n) is 7.29. The Morgan fingerprint density at radius 1 is 1.23 bits per heavy atom. The van der Waals surface area contributed by atoms with Crippen molar-refractivity contribution in [2.45, 2.75) is 19.9 Å². The Morgan fingerprint density at radius 2 is 1.95 bits per heavy atom. The van der Waals surface area contributed by atoms with E-state index in [4.69, 9.17) is 4.74 Å².